The summed E-state index contributed by atoms with van der Waals surface area (Å²) in [4.78, 5) is -0.581. The predicted molar refractivity (Wildman–Crippen MR) is 47.7 cm³/mol. The summed E-state index contributed by atoms with van der Waals surface area (Å²) >= 11 is 2.07. The zero-order chi connectivity index (χ0) is 10.9. The number of aromatic hydroxyl groups is 1. The third-order valence-electron chi connectivity index (χ3n) is 1.25. The summed E-state index contributed by atoms with van der Waals surface area (Å²) in [5.41, 5.74) is -4.54. The number of halogens is 5. The fourth-order valence-electron chi connectivity index (χ4n) is 0.725. The lowest BCUT2D eigenvalue weighted by atomic mass is 10.3. The number of phenolic OH excluding ortho intramolecular Hbond substituents is 1. The van der Waals surface area contributed by atoms with Crippen LogP contribution in [0.5, 0.6) is 5.75 Å². The van der Waals surface area contributed by atoms with Crippen molar-refractivity contribution >= 4 is 27.7 Å². The number of phenols is 1. The molecule has 0 heterocycles. The van der Waals surface area contributed by atoms with Crippen LogP contribution < -0.4 is 0 Å². The van der Waals surface area contributed by atoms with E-state index < -0.39 is 33.7 Å². The molecule has 7 heteroatoms. The Labute approximate surface area is 89.2 Å². The first-order valence-corrected chi connectivity index (χ1v) is 4.85. The van der Waals surface area contributed by atoms with Crippen molar-refractivity contribution in [3.63, 3.8) is 0 Å². The molecule has 0 bridgehead atoms. The molecule has 0 aromatic heterocycles. The van der Waals surface area contributed by atoms with Gasteiger partial charge in [-0.1, -0.05) is 0 Å². The molecule has 0 saturated carbocycles. The fraction of sp³-hybridized carbons (Fsp3) is 0.143. The van der Waals surface area contributed by atoms with Crippen LogP contribution in [0.2, 0.25) is 0 Å². The van der Waals surface area contributed by atoms with Gasteiger partial charge in [-0.15, -0.1) is 0 Å². The second-order valence-electron chi connectivity index (χ2n) is 2.26. The molecule has 0 spiro atoms. The van der Waals surface area contributed by atoms with Crippen LogP contribution in [0.25, 0.3) is 0 Å². The number of alkyl halides is 3. The van der Waals surface area contributed by atoms with E-state index in [2.05, 4.69) is 15.9 Å². The first-order chi connectivity index (χ1) is 6.31. The summed E-state index contributed by atoms with van der Waals surface area (Å²) in [7, 11) is 0. The quantitative estimate of drug-likeness (QED) is 0.625. The van der Waals surface area contributed by atoms with Crippen molar-refractivity contribution in [3.05, 3.63) is 22.4 Å². The summed E-state index contributed by atoms with van der Waals surface area (Å²) in [6, 6.07) is 1.86. The average Bonchev–Trinajstić information content (AvgIpc) is 2.04. The van der Waals surface area contributed by atoms with Gasteiger partial charge in [0.25, 0.3) is 0 Å². The van der Waals surface area contributed by atoms with Crippen LogP contribution in [-0.4, -0.2) is 10.6 Å². The van der Waals surface area contributed by atoms with Crippen LogP contribution in [-0.2, 0) is 0 Å². The van der Waals surface area contributed by atoms with Gasteiger partial charge in [0.05, 0.1) is 9.37 Å². The lowest BCUT2D eigenvalue weighted by Crippen LogP contribution is -2.00. The number of benzene rings is 1. The van der Waals surface area contributed by atoms with Crippen molar-refractivity contribution in [1.29, 1.82) is 0 Å². The minimum absolute atomic E-state index is 0.369. The SMILES string of the molecule is Oc1ccc(SC(F)(F)F)c(F)c1Br. The summed E-state index contributed by atoms with van der Waals surface area (Å²) in [5, 5.41) is 8.95. The van der Waals surface area contributed by atoms with E-state index in [9.17, 15) is 17.6 Å². The first kappa shape index (κ1) is 11.6. The van der Waals surface area contributed by atoms with Crippen molar-refractivity contribution < 1.29 is 22.7 Å². The van der Waals surface area contributed by atoms with Gasteiger partial charge in [0.1, 0.15) is 5.75 Å². The highest BCUT2D eigenvalue weighted by atomic mass is 79.9. The highest BCUT2D eigenvalue weighted by Crippen LogP contribution is 2.41. The molecule has 0 aliphatic carbocycles. The standard InChI is InChI=1S/C7H3BrF4OS/c8-5-3(13)1-2-4(6(5)9)14-7(10,11)12/h1-2,13H. The molecule has 1 rings (SSSR count). The normalized spacial score (nSPS) is 11.8. The lowest BCUT2D eigenvalue weighted by Gasteiger charge is -2.07. The molecular weight excluding hydrogens is 288 g/mol. The lowest BCUT2D eigenvalue weighted by molar-refractivity contribution is -0.0329. The van der Waals surface area contributed by atoms with Gasteiger partial charge in [0, 0.05) is 0 Å². The smallest absolute Gasteiger partial charge is 0.446 e. The number of rotatable bonds is 1. The molecule has 1 aromatic rings. The maximum Gasteiger partial charge on any atom is 0.446 e. The monoisotopic (exact) mass is 290 g/mol. The molecule has 0 amide bonds. The third kappa shape index (κ3) is 2.78. The summed E-state index contributed by atoms with van der Waals surface area (Å²) in [5.74, 6) is -1.55. The Bertz CT molecular complexity index is 352. The van der Waals surface area contributed by atoms with Gasteiger partial charge in [-0.3, -0.25) is 0 Å². The number of hydrogen-bond acceptors (Lipinski definition) is 2. The van der Waals surface area contributed by atoms with Crippen LogP contribution in [0, 0.1) is 5.82 Å². The second-order valence-corrected chi connectivity index (χ2v) is 4.16. The molecule has 0 aliphatic rings. The summed E-state index contributed by atoms with van der Waals surface area (Å²) in [6.45, 7) is 0. The Hall–Kier alpha value is -0.430. The highest BCUT2D eigenvalue weighted by molar-refractivity contribution is 9.10. The molecule has 78 valence electrons. The fourth-order valence-corrected chi connectivity index (χ4v) is 1.78. The van der Waals surface area contributed by atoms with Crippen molar-refractivity contribution in [3.8, 4) is 5.75 Å². The van der Waals surface area contributed by atoms with E-state index in [0.29, 0.717) is 0 Å². The van der Waals surface area contributed by atoms with Gasteiger partial charge < -0.3 is 5.11 Å². The Morgan fingerprint density at radius 1 is 1.29 bits per heavy atom. The number of hydrogen-bond donors (Lipinski definition) is 1. The Kier molecular flexibility index (Phi) is 3.31. The topological polar surface area (TPSA) is 20.2 Å². The van der Waals surface area contributed by atoms with Crippen molar-refractivity contribution in [2.24, 2.45) is 0 Å². The van der Waals surface area contributed by atoms with Gasteiger partial charge in [-0.05, 0) is 39.8 Å². The highest BCUT2D eigenvalue weighted by Gasteiger charge is 2.31. The Balaban J connectivity index is 3.06. The molecule has 0 radical (unpaired) electrons. The van der Waals surface area contributed by atoms with E-state index in [1.165, 1.54) is 0 Å². The summed E-state index contributed by atoms with van der Waals surface area (Å²) in [6.07, 6.45) is 0. The molecule has 0 atom stereocenters. The van der Waals surface area contributed by atoms with Crippen LogP contribution in [0.3, 0.4) is 0 Å². The van der Waals surface area contributed by atoms with E-state index in [1.807, 2.05) is 0 Å². The van der Waals surface area contributed by atoms with Gasteiger partial charge in [-0.25, -0.2) is 4.39 Å². The van der Waals surface area contributed by atoms with E-state index in [0.717, 1.165) is 12.1 Å². The van der Waals surface area contributed by atoms with Crippen molar-refractivity contribution in [2.45, 2.75) is 10.4 Å². The largest absolute Gasteiger partial charge is 0.507 e. The molecular formula is C7H3BrF4OS. The Morgan fingerprint density at radius 2 is 1.86 bits per heavy atom. The molecule has 0 unspecified atom stereocenters. The molecule has 1 N–H and O–H groups in total. The third-order valence-corrected chi connectivity index (χ3v) is 2.77. The van der Waals surface area contributed by atoms with Crippen molar-refractivity contribution in [2.75, 3.05) is 0 Å². The predicted octanol–water partition coefficient (Wildman–Crippen LogP) is 3.91. The molecule has 14 heavy (non-hydrogen) atoms. The van der Waals surface area contributed by atoms with Crippen molar-refractivity contribution in [1.82, 2.24) is 0 Å². The van der Waals surface area contributed by atoms with E-state index in [1.54, 1.807) is 0 Å². The van der Waals surface area contributed by atoms with Crippen LogP contribution in [0.15, 0.2) is 21.5 Å². The van der Waals surface area contributed by atoms with E-state index in [4.69, 9.17) is 5.11 Å². The minimum atomic E-state index is -4.54. The first-order valence-electron chi connectivity index (χ1n) is 3.24. The second kappa shape index (κ2) is 3.98. The maximum atomic E-state index is 13.1. The molecule has 1 aromatic carbocycles. The average molecular weight is 291 g/mol. The van der Waals surface area contributed by atoms with Crippen LogP contribution in [0.1, 0.15) is 0 Å². The van der Waals surface area contributed by atoms with Gasteiger partial charge in [0.15, 0.2) is 5.82 Å². The Morgan fingerprint density at radius 3 is 2.36 bits per heavy atom. The van der Waals surface area contributed by atoms with Gasteiger partial charge in [-0.2, -0.15) is 13.2 Å². The zero-order valence-corrected chi connectivity index (χ0v) is 8.80. The zero-order valence-electron chi connectivity index (χ0n) is 6.40. The minimum Gasteiger partial charge on any atom is -0.507 e. The summed E-state index contributed by atoms with van der Waals surface area (Å²) < 4.78 is 48.3. The van der Waals surface area contributed by atoms with Crippen LogP contribution >= 0.6 is 27.7 Å². The molecule has 1 nitrogen and oxygen atoms in total. The van der Waals surface area contributed by atoms with Gasteiger partial charge in [0.2, 0.25) is 0 Å². The molecule has 0 fully saturated rings. The van der Waals surface area contributed by atoms with E-state index in [-0.39, 0.29) is 4.47 Å². The van der Waals surface area contributed by atoms with E-state index >= 15 is 0 Å². The molecule has 0 saturated heterocycles. The maximum absolute atomic E-state index is 13.1. The number of thioether (sulfide) groups is 1. The molecule has 0 aliphatic heterocycles. The van der Waals surface area contributed by atoms with Gasteiger partial charge >= 0.3 is 5.51 Å². The van der Waals surface area contributed by atoms with Crippen LogP contribution in [0.4, 0.5) is 17.6 Å².